The van der Waals surface area contributed by atoms with E-state index < -0.39 is 12.0 Å². The van der Waals surface area contributed by atoms with Crippen molar-refractivity contribution >= 4 is 11.6 Å². The van der Waals surface area contributed by atoms with Crippen molar-refractivity contribution in [2.24, 2.45) is 5.73 Å². The van der Waals surface area contributed by atoms with Gasteiger partial charge < -0.3 is 16.2 Å². The van der Waals surface area contributed by atoms with Crippen LogP contribution in [0, 0.1) is 0 Å². The Morgan fingerprint density at radius 3 is 2.69 bits per heavy atom. The van der Waals surface area contributed by atoms with Crippen LogP contribution in [0.2, 0.25) is 0 Å². The molecule has 4 N–H and O–H groups in total. The number of amides is 1. The molecule has 0 saturated heterocycles. The summed E-state index contributed by atoms with van der Waals surface area (Å²) in [4.78, 5) is 10.9. The molecule has 0 spiro atoms. The predicted octanol–water partition coefficient (Wildman–Crippen LogP) is 1.09. The van der Waals surface area contributed by atoms with Gasteiger partial charge in [0, 0.05) is 5.69 Å². The van der Waals surface area contributed by atoms with E-state index in [1.807, 2.05) is 31.2 Å². The number of hydrogen-bond acceptors (Lipinski definition) is 3. The predicted molar refractivity (Wildman–Crippen MR) is 63.8 cm³/mol. The molecule has 0 fully saturated rings. The first kappa shape index (κ1) is 12.5. The van der Waals surface area contributed by atoms with E-state index in [0.29, 0.717) is 19.4 Å². The van der Waals surface area contributed by atoms with Crippen LogP contribution >= 0.6 is 0 Å². The quantitative estimate of drug-likeness (QED) is 0.707. The lowest BCUT2D eigenvalue weighted by atomic mass is 10.1. The maximum atomic E-state index is 10.9. The van der Waals surface area contributed by atoms with Crippen molar-refractivity contribution in [3.8, 4) is 0 Å². The normalized spacial score (nSPS) is 12.3. The topological polar surface area (TPSA) is 78.3 Å². The minimum absolute atomic E-state index is 0.413. The first-order valence-electron chi connectivity index (χ1n) is 5.39. The van der Waals surface area contributed by atoms with Gasteiger partial charge in [-0.05, 0) is 24.5 Å². The van der Waals surface area contributed by atoms with Crippen LogP contribution < -0.4 is 11.5 Å². The smallest absolute Gasteiger partial charge is 0.246 e. The van der Waals surface area contributed by atoms with Gasteiger partial charge in [0.05, 0.1) is 6.61 Å². The van der Waals surface area contributed by atoms with Gasteiger partial charge in [-0.25, -0.2) is 0 Å². The second-order valence-electron chi connectivity index (χ2n) is 3.62. The lowest BCUT2D eigenvalue weighted by molar-refractivity contribution is -0.129. The highest BCUT2D eigenvalue weighted by Crippen LogP contribution is 2.11. The van der Waals surface area contributed by atoms with Crippen LogP contribution in [0.1, 0.15) is 18.9 Å². The van der Waals surface area contributed by atoms with Crippen molar-refractivity contribution in [3.63, 3.8) is 0 Å². The molecule has 0 aliphatic carbocycles. The average molecular weight is 222 g/mol. The minimum atomic E-state index is -0.495. The molecule has 4 heteroatoms. The average Bonchev–Trinajstić information content (AvgIpc) is 2.26. The van der Waals surface area contributed by atoms with E-state index in [1.54, 1.807) is 0 Å². The van der Waals surface area contributed by atoms with Crippen molar-refractivity contribution in [2.45, 2.75) is 25.9 Å². The van der Waals surface area contributed by atoms with E-state index in [9.17, 15) is 4.79 Å². The molecule has 0 aromatic heterocycles. The van der Waals surface area contributed by atoms with Crippen LogP contribution in [-0.4, -0.2) is 18.6 Å². The molecular weight excluding hydrogens is 204 g/mol. The zero-order valence-electron chi connectivity index (χ0n) is 9.48. The van der Waals surface area contributed by atoms with Gasteiger partial charge in [0.25, 0.3) is 0 Å². The molecule has 1 unspecified atom stereocenters. The molecule has 0 radical (unpaired) electrons. The van der Waals surface area contributed by atoms with Crippen LogP contribution in [0.5, 0.6) is 0 Å². The molecular formula is C12H18N2O2. The maximum absolute atomic E-state index is 10.9. The van der Waals surface area contributed by atoms with Gasteiger partial charge in [-0.2, -0.15) is 0 Å². The maximum Gasteiger partial charge on any atom is 0.246 e. The van der Waals surface area contributed by atoms with E-state index in [-0.39, 0.29) is 0 Å². The summed E-state index contributed by atoms with van der Waals surface area (Å²) in [6, 6.07) is 7.61. The SMILES string of the molecule is CCC(OCCc1ccccc1N)C(N)=O. The summed E-state index contributed by atoms with van der Waals surface area (Å²) in [6.45, 7) is 2.32. The standard InChI is InChI=1S/C12H18N2O2/c1-2-11(12(14)15)16-8-7-9-5-3-4-6-10(9)13/h3-6,11H,2,7-8,13H2,1H3,(H2,14,15). The first-order chi connectivity index (χ1) is 7.65. The van der Waals surface area contributed by atoms with Gasteiger partial charge >= 0.3 is 0 Å². The molecule has 1 atom stereocenters. The highest BCUT2D eigenvalue weighted by Gasteiger charge is 2.12. The van der Waals surface area contributed by atoms with Gasteiger partial charge in [-0.15, -0.1) is 0 Å². The number of para-hydroxylation sites is 1. The third kappa shape index (κ3) is 3.55. The summed E-state index contributed by atoms with van der Waals surface area (Å²) in [7, 11) is 0. The largest absolute Gasteiger partial charge is 0.399 e. The fraction of sp³-hybridized carbons (Fsp3) is 0.417. The van der Waals surface area contributed by atoms with Crippen molar-refractivity contribution in [2.75, 3.05) is 12.3 Å². The van der Waals surface area contributed by atoms with E-state index in [2.05, 4.69) is 0 Å². The van der Waals surface area contributed by atoms with Gasteiger partial charge in [0.15, 0.2) is 0 Å². The monoisotopic (exact) mass is 222 g/mol. The van der Waals surface area contributed by atoms with Crippen LogP contribution in [0.15, 0.2) is 24.3 Å². The minimum Gasteiger partial charge on any atom is -0.399 e. The van der Waals surface area contributed by atoms with Gasteiger partial charge in [-0.1, -0.05) is 25.1 Å². The number of nitrogens with two attached hydrogens (primary N) is 2. The van der Waals surface area contributed by atoms with Crippen molar-refractivity contribution in [3.05, 3.63) is 29.8 Å². The molecule has 16 heavy (non-hydrogen) atoms. The summed E-state index contributed by atoms with van der Waals surface area (Å²) in [5, 5.41) is 0. The Balaban J connectivity index is 2.41. The number of nitrogen functional groups attached to an aromatic ring is 1. The van der Waals surface area contributed by atoms with Crippen molar-refractivity contribution < 1.29 is 9.53 Å². The third-order valence-corrected chi connectivity index (χ3v) is 2.43. The van der Waals surface area contributed by atoms with E-state index in [1.165, 1.54) is 0 Å². The molecule has 1 rings (SSSR count). The van der Waals surface area contributed by atoms with E-state index >= 15 is 0 Å². The number of hydrogen-bond donors (Lipinski definition) is 2. The fourth-order valence-corrected chi connectivity index (χ4v) is 1.47. The number of carbonyl (C=O) groups excluding carboxylic acids is 1. The highest BCUT2D eigenvalue weighted by atomic mass is 16.5. The number of carbonyl (C=O) groups is 1. The zero-order chi connectivity index (χ0) is 12.0. The van der Waals surface area contributed by atoms with Crippen LogP contribution in [-0.2, 0) is 16.0 Å². The second-order valence-corrected chi connectivity index (χ2v) is 3.62. The molecule has 0 bridgehead atoms. The number of anilines is 1. The molecule has 0 aliphatic heterocycles. The molecule has 0 saturated carbocycles. The molecule has 1 aromatic carbocycles. The molecule has 0 heterocycles. The lowest BCUT2D eigenvalue weighted by Crippen LogP contribution is -2.31. The van der Waals surface area contributed by atoms with Crippen LogP contribution in [0.25, 0.3) is 0 Å². The number of primary amides is 1. The number of rotatable bonds is 6. The molecule has 0 aliphatic rings. The summed E-state index contributed by atoms with van der Waals surface area (Å²) >= 11 is 0. The Morgan fingerprint density at radius 2 is 2.12 bits per heavy atom. The van der Waals surface area contributed by atoms with Gasteiger partial charge in [-0.3, -0.25) is 4.79 Å². The summed E-state index contributed by atoms with van der Waals surface area (Å²) in [5.74, 6) is -0.413. The Hall–Kier alpha value is -1.55. The van der Waals surface area contributed by atoms with Crippen molar-refractivity contribution in [1.29, 1.82) is 0 Å². The molecule has 88 valence electrons. The van der Waals surface area contributed by atoms with Gasteiger partial charge in [0.2, 0.25) is 5.91 Å². The number of ether oxygens (including phenoxy) is 1. The molecule has 4 nitrogen and oxygen atoms in total. The Kier molecular flexibility index (Phi) is 4.79. The first-order valence-corrected chi connectivity index (χ1v) is 5.39. The Labute approximate surface area is 95.6 Å². The molecule has 1 aromatic rings. The summed E-state index contributed by atoms with van der Waals surface area (Å²) < 4.78 is 5.38. The third-order valence-electron chi connectivity index (χ3n) is 2.43. The van der Waals surface area contributed by atoms with Crippen molar-refractivity contribution in [1.82, 2.24) is 0 Å². The van der Waals surface area contributed by atoms with E-state index in [0.717, 1.165) is 11.3 Å². The summed E-state index contributed by atoms with van der Waals surface area (Å²) in [6.07, 6.45) is 0.792. The van der Waals surface area contributed by atoms with Gasteiger partial charge in [0.1, 0.15) is 6.10 Å². The highest BCUT2D eigenvalue weighted by molar-refractivity contribution is 5.78. The summed E-state index contributed by atoms with van der Waals surface area (Å²) in [5.41, 5.74) is 12.7. The fourth-order valence-electron chi connectivity index (χ4n) is 1.47. The Bertz CT molecular complexity index is 353. The number of benzene rings is 1. The van der Waals surface area contributed by atoms with Crippen LogP contribution in [0.3, 0.4) is 0 Å². The lowest BCUT2D eigenvalue weighted by Gasteiger charge is -2.12. The van der Waals surface area contributed by atoms with E-state index in [4.69, 9.17) is 16.2 Å². The Morgan fingerprint density at radius 1 is 1.44 bits per heavy atom. The molecule has 1 amide bonds. The second kappa shape index (κ2) is 6.12. The zero-order valence-corrected chi connectivity index (χ0v) is 9.48. The van der Waals surface area contributed by atoms with Crippen LogP contribution in [0.4, 0.5) is 5.69 Å².